The molecule has 0 saturated carbocycles. The van der Waals surface area contributed by atoms with Crippen molar-refractivity contribution in [3.05, 3.63) is 0 Å². The van der Waals surface area contributed by atoms with Gasteiger partial charge in [-0.05, 0) is 25.8 Å². The fraction of sp³-hybridized carbons (Fsp3) is 0.889. The van der Waals surface area contributed by atoms with Crippen LogP contribution in [0.15, 0.2) is 0 Å². The highest BCUT2D eigenvalue weighted by Gasteiger charge is 2.36. The average Bonchev–Trinajstić information content (AvgIpc) is 2.17. The number of nitrogens with one attached hydrogen (secondary N) is 2. The summed E-state index contributed by atoms with van der Waals surface area (Å²) in [4.78, 5) is 11.6. The number of rotatable bonds is 2. The van der Waals surface area contributed by atoms with Crippen molar-refractivity contribution in [2.45, 2.75) is 26.2 Å². The van der Waals surface area contributed by atoms with Crippen LogP contribution in [0.25, 0.3) is 0 Å². The Kier molecular flexibility index (Phi) is 3.09. The molecule has 0 aromatic heterocycles. The molecule has 1 fully saturated rings. The van der Waals surface area contributed by atoms with Crippen LogP contribution >= 0.6 is 0 Å². The normalized spacial score (nSPS) is 29.8. The Morgan fingerprint density at radius 2 is 2.42 bits per heavy atom. The van der Waals surface area contributed by atoms with Crippen LogP contribution in [-0.4, -0.2) is 26.0 Å². The van der Waals surface area contributed by atoms with Gasteiger partial charge in [-0.15, -0.1) is 0 Å². The van der Waals surface area contributed by atoms with Gasteiger partial charge in [-0.1, -0.05) is 6.92 Å². The maximum Gasteiger partial charge on any atom is 0.227 e. The van der Waals surface area contributed by atoms with Gasteiger partial charge < -0.3 is 10.6 Å². The molecule has 3 heteroatoms. The molecule has 0 bridgehead atoms. The Bertz CT molecular complexity index is 162. The second-order valence-corrected chi connectivity index (χ2v) is 3.49. The summed E-state index contributed by atoms with van der Waals surface area (Å²) in [5.41, 5.74) is -0.132. The first-order valence-electron chi connectivity index (χ1n) is 4.68. The number of hydrogen-bond donors (Lipinski definition) is 2. The molecule has 12 heavy (non-hydrogen) atoms. The summed E-state index contributed by atoms with van der Waals surface area (Å²) in [6.45, 7) is 3.98. The van der Waals surface area contributed by atoms with Gasteiger partial charge in [0.1, 0.15) is 0 Å². The molecule has 0 aliphatic carbocycles. The second kappa shape index (κ2) is 3.90. The van der Waals surface area contributed by atoms with Crippen LogP contribution < -0.4 is 10.6 Å². The zero-order chi connectivity index (χ0) is 9.03. The van der Waals surface area contributed by atoms with Crippen molar-refractivity contribution in [1.82, 2.24) is 10.6 Å². The predicted molar refractivity (Wildman–Crippen MR) is 48.9 cm³/mol. The van der Waals surface area contributed by atoms with Gasteiger partial charge in [-0.3, -0.25) is 4.79 Å². The molecule has 0 aromatic rings. The highest BCUT2D eigenvalue weighted by molar-refractivity contribution is 5.82. The Morgan fingerprint density at radius 1 is 1.67 bits per heavy atom. The molecular formula is C9H18N2O. The Labute approximate surface area is 73.9 Å². The van der Waals surface area contributed by atoms with E-state index in [4.69, 9.17) is 0 Å². The van der Waals surface area contributed by atoms with Crippen LogP contribution in [0.2, 0.25) is 0 Å². The molecule has 1 unspecified atom stereocenters. The van der Waals surface area contributed by atoms with Gasteiger partial charge in [0, 0.05) is 13.6 Å². The van der Waals surface area contributed by atoms with E-state index in [9.17, 15) is 4.79 Å². The van der Waals surface area contributed by atoms with E-state index in [-0.39, 0.29) is 11.3 Å². The summed E-state index contributed by atoms with van der Waals surface area (Å²) < 4.78 is 0. The molecule has 3 nitrogen and oxygen atoms in total. The lowest BCUT2D eigenvalue weighted by atomic mass is 9.77. The first-order chi connectivity index (χ1) is 5.75. The van der Waals surface area contributed by atoms with E-state index in [0.29, 0.717) is 0 Å². The van der Waals surface area contributed by atoms with Crippen LogP contribution in [0.1, 0.15) is 26.2 Å². The van der Waals surface area contributed by atoms with Gasteiger partial charge in [-0.25, -0.2) is 0 Å². The number of hydrogen-bond acceptors (Lipinski definition) is 2. The maximum absolute atomic E-state index is 11.6. The van der Waals surface area contributed by atoms with Crippen LogP contribution in [0, 0.1) is 5.41 Å². The minimum atomic E-state index is -0.132. The topological polar surface area (TPSA) is 41.1 Å². The monoisotopic (exact) mass is 170 g/mol. The Morgan fingerprint density at radius 3 is 2.83 bits per heavy atom. The van der Waals surface area contributed by atoms with Crippen molar-refractivity contribution >= 4 is 5.91 Å². The standard InChI is InChI=1S/C9H18N2O/c1-3-9(8(12)10-2)5-4-6-11-7-9/h11H,3-7H2,1-2H3,(H,10,12). The van der Waals surface area contributed by atoms with Crippen molar-refractivity contribution in [1.29, 1.82) is 0 Å². The van der Waals surface area contributed by atoms with Gasteiger partial charge in [0.25, 0.3) is 0 Å². The summed E-state index contributed by atoms with van der Waals surface area (Å²) in [5.74, 6) is 0.192. The lowest BCUT2D eigenvalue weighted by Crippen LogP contribution is -2.49. The third kappa shape index (κ3) is 1.61. The average molecular weight is 170 g/mol. The fourth-order valence-electron chi connectivity index (χ4n) is 1.89. The second-order valence-electron chi connectivity index (χ2n) is 3.49. The van der Waals surface area contributed by atoms with Crippen molar-refractivity contribution in [3.8, 4) is 0 Å². The summed E-state index contributed by atoms with van der Waals surface area (Å²) in [7, 11) is 1.72. The molecule has 0 spiro atoms. The fourth-order valence-corrected chi connectivity index (χ4v) is 1.89. The van der Waals surface area contributed by atoms with Crippen LogP contribution in [0.4, 0.5) is 0 Å². The quantitative estimate of drug-likeness (QED) is 0.634. The molecular weight excluding hydrogens is 152 g/mol. The SMILES string of the molecule is CCC1(C(=O)NC)CCCNC1. The third-order valence-electron chi connectivity index (χ3n) is 2.86. The minimum absolute atomic E-state index is 0.132. The lowest BCUT2D eigenvalue weighted by Gasteiger charge is -2.34. The molecule has 2 N–H and O–H groups in total. The van der Waals surface area contributed by atoms with E-state index in [2.05, 4.69) is 17.6 Å². The largest absolute Gasteiger partial charge is 0.359 e. The molecule has 1 aliphatic rings. The Hall–Kier alpha value is -0.570. The van der Waals surface area contributed by atoms with Crippen molar-refractivity contribution in [3.63, 3.8) is 0 Å². The van der Waals surface area contributed by atoms with Crippen LogP contribution in [0.5, 0.6) is 0 Å². The van der Waals surface area contributed by atoms with Gasteiger partial charge in [0.15, 0.2) is 0 Å². The summed E-state index contributed by atoms with van der Waals surface area (Å²) in [6, 6.07) is 0. The molecule has 0 aromatic carbocycles. The predicted octanol–water partition coefficient (Wildman–Crippen LogP) is 0.512. The van der Waals surface area contributed by atoms with Gasteiger partial charge in [0.05, 0.1) is 5.41 Å². The van der Waals surface area contributed by atoms with Gasteiger partial charge >= 0.3 is 0 Å². The number of carbonyl (C=O) groups excluding carboxylic acids is 1. The molecule has 1 atom stereocenters. The van der Waals surface area contributed by atoms with E-state index >= 15 is 0 Å². The summed E-state index contributed by atoms with van der Waals surface area (Å²) in [5, 5.41) is 6.03. The van der Waals surface area contributed by atoms with Crippen LogP contribution in [-0.2, 0) is 4.79 Å². The first kappa shape index (κ1) is 9.52. The zero-order valence-corrected chi connectivity index (χ0v) is 7.94. The summed E-state index contributed by atoms with van der Waals surface area (Å²) >= 11 is 0. The minimum Gasteiger partial charge on any atom is -0.359 e. The van der Waals surface area contributed by atoms with E-state index in [1.54, 1.807) is 7.05 Å². The zero-order valence-electron chi connectivity index (χ0n) is 7.94. The van der Waals surface area contributed by atoms with Crippen LogP contribution in [0.3, 0.4) is 0 Å². The first-order valence-corrected chi connectivity index (χ1v) is 4.68. The van der Waals surface area contributed by atoms with Gasteiger partial charge in [-0.2, -0.15) is 0 Å². The molecule has 1 heterocycles. The molecule has 1 saturated heterocycles. The number of carbonyl (C=O) groups is 1. The highest BCUT2D eigenvalue weighted by atomic mass is 16.2. The molecule has 1 amide bonds. The maximum atomic E-state index is 11.6. The van der Waals surface area contributed by atoms with E-state index in [1.807, 2.05) is 0 Å². The third-order valence-corrected chi connectivity index (χ3v) is 2.86. The van der Waals surface area contributed by atoms with E-state index in [1.165, 1.54) is 0 Å². The summed E-state index contributed by atoms with van der Waals surface area (Å²) in [6.07, 6.45) is 3.07. The van der Waals surface area contributed by atoms with Crippen molar-refractivity contribution in [2.75, 3.05) is 20.1 Å². The van der Waals surface area contributed by atoms with Crippen molar-refractivity contribution in [2.24, 2.45) is 5.41 Å². The lowest BCUT2D eigenvalue weighted by molar-refractivity contribution is -0.131. The smallest absolute Gasteiger partial charge is 0.227 e. The van der Waals surface area contributed by atoms with Gasteiger partial charge in [0.2, 0.25) is 5.91 Å². The van der Waals surface area contributed by atoms with Crippen molar-refractivity contribution < 1.29 is 4.79 Å². The molecule has 70 valence electrons. The number of amides is 1. The van der Waals surface area contributed by atoms with E-state index < -0.39 is 0 Å². The number of piperidine rings is 1. The highest BCUT2D eigenvalue weighted by Crippen LogP contribution is 2.29. The van der Waals surface area contributed by atoms with E-state index in [0.717, 1.165) is 32.4 Å². The molecule has 1 aliphatic heterocycles. The Balaban J connectivity index is 2.66. The molecule has 1 rings (SSSR count). The molecule has 0 radical (unpaired) electrons.